The monoisotopic (exact) mass is 367 g/mol. The first kappa shape index (κ1) is 18.4. The van der Waals surface area contributed by atoms with E-state index in [1.54, 1.807) is 0 Å². The number of carbonyl (C=O) groups is 1. The SMILES string of the molecule is Cc1nn([C@@H]2CCS(=O)(=O)C2)c(C)c1CN(C)C(=O)C1CCCCC1. The highest BCUT2D eigenvalue weighted by Crippen LogP contribution is 2.29. The number of hydrogen-bond donors (Lipinski definition) is 0. The molecule has 1 saturated heterocycles. The minimum Gasteiger partial charge on any atom is -0.341 e. The van der Waals surface area contributed by atoms with Gasteiger partial charge in [-0.25, -0.2) is 8.42 Å². The van der Waals surface area contributed by atoms with Crippen LogP contribution < -0.4 is 0 Å². The summed E-state index contributed by atoms with van der Waals surface area (Å²) in [6.45, 7) is 4.48. The molecule has 1 saturated carbocycles. The molecule has 2 heterocycles. The zero-order valence-corrected chi connectivity index (χ0v) is 16.3. The average molecular weight is 368 g/mol. The molecule has 0 spiro atoms. The number of sulfone groups is 1. The van der Waals surface area contributed by atoms with Crippen LogP contribution in [0.3, 0.4) is 0 Å². The summed E-state index contributed by atoms with van der Waals surface area (Å²) in [5.41, 5.74) is 2.93. The molecule has 3 rings (SSSR count). The summed E-state index contributed by atoms with van der Waals surface area (Å²) >= 11 is 0. The summed E-state index contributed by atoms with van der Waals surface area (Å²) in [5, 5.41) is 4.60. The van der Waals surface area contributed by atoms with Gasteiger partial charge in [0.25, 0.3) is 0 Å². The van der Waals surface area contributed by atoms with Crippen LogP contribution in [0.1, 0.15) is 61.5 Å². The van der Waals surface area contributed by atoms with Gasteiger partial charge in [0.05, 0.1) is 23.2 Å². The van der Waals surface area contributed by atoms with E-state index in [9.17, 15) is 13.2 Å². The number of rotatable bonds is 4. The number of carbonyl (C=O) groups excluding carboxylic acids is 1. The van der Waals surface area contributed by atoms with Gasteiger partial charge in [-0.2, -0.15) is 5.10 Å². The van der Waals surface area contributed by atoms with Gasteiger partial charge in [-0.05, 0) is 33.1 Å². The fraction of sp³-hybridized carbons (Fsp3) is 0.778. The summed E-state index contributed by atoms with van der Waals surface area (Å²) < 4.78 is 25.4. The van der Waals surface area contributed by atoms with Gasteiger partial charge in [-0.3, -0.25) is 9.48 Å². The van der Waals surface area contributed by atoms with Crippen LogP contribution in [0.25, 0.3) is 0 Å². The molecule has 25 heavy (non-hydrogen) atoms. The molecular formula is C18H29N3O3S. The quantitative estimate of drug-likeness (QED) is 0.819. The standard InChI is InChI=1S/C18H29N3O3S/c1-13-17(11-20(3)18(22)15-7-5-4-6-8-15)14(2)21(19-13)16-9-10-25(23,24)12-16/h15-16H,4-12H2,1-3H3/t16-/m1/s1. The van der Waals surface area contributed by atoms with E-state index in [2.05, 4.69) is 5.10 Å². The van der Waals surface area contributed by atoms with Crippen molar-refractivity contribution in [2.24, 2.45) is 5.92 Å². The first-order valence-corrected chi connectivity index (χ1v) is 11.1. The zero-order valence-electron chi connectivity index (χ0n) is 15.5. The molecule has 140 valence electrons. The van der Waals surface area contributed by atoms with Crippen molar-refractivity contribution in [3.63, 3.8) is 0 Å². The number of aryl methyl sites for hydroxylation is 1. The molecule has 1 aliphatic heterocycles. The lowest BCUT2D eigenvalue weighted by Gasteiger charge is -2.26. The molecular weight excluding hydrogens is 338 g/mol. The number of nitrogens with zero attached hydrogens (tertiary/aromatic N) is 3. The van der Waals surface area contributed by atoms with E-state index in [1.165, 1.54) is 6.42 Å². The average Bonchev–Trinajstić information content (AvgIpc) is 3.08. The molecule has 0 radical (unpaired) electrons. The van der Waals surface area contributed by atoms with Crippen LogP contribution in [-0.4, -0.2) is 47.6 Å². The van der Waals surface area contributed by atoms with E-state index in [-0.39, 0.29) is 29.4 Å². The van der Waals surface area contributed by atoms with E-state index >= 15 is 0 Å². The molecule has 6 nitrogen and oxygen atoms in total. The van der Waals surface area contributed by atoms with Gasteiger partial charge in [0, 0.05) is 30.8 Å². The van der Waals surface area contributed by atoms with Crippen LogP contribution in [0.4, 0.5) is 0 Å². The Kier molecular flexibility index (Phi) is 5.23. The lowest BCUT2D eigenvalue weighted by Crippen LogP contribution is -2.33. The molecule has 0 aromatic carbocycles. The Hall–Kier alpha value is -1.37. The predicted molar refractivity (Wildman–Crippen MR) is 97.1 cm³/mol. The maximum atomic E-state index is 12.7. The molecule has 1 aliphatic carbocycles. The minimum absolute atomic E-state index is 0.0724. The van der Waals surface area contributed by atoms with Crippen molar-refractivity contribution in [1.82, 2.24) is 14.7 Å². The second-order valence-electron chi connectivity index (χ2n) is 7.68. The molecule has 7 heteroatoms. The molecule has 2 fully saturated rings. The number of amides is 1. The normalized spacial score (nSPS) is 23.7. The highest BCUT2D eigenvalue weighted by Gasteiger charge is 2.32. The molecule has 0 N–H and O–H groups in total. The van der Waals surface area contributed by atoms with Crippen LogP contribution in [0, 0.1) is 19.8 Å². The Morgan fingerprint density at radius 1 is 1.20 bits per heavy atom. The lowest BCUT2D eigenvalue weighted by atomic mass is 9.88. The zero-order chi connectivity index (χ0) is 18.2. The maximum Gasteiger partial charge on any atom is 0.225 e. The highest BCUT2D eigenvalue weighted by molar-refractivity contribution is 7.91. The van der Waals surface area contributed by atoms with E-state index < -0.39 is 9.84 Å². The first-order valence-electron chi connectivity index (χ1n) is 9.28. The molecule has 0 bridgehead atoms. The fourth-order valence-electron chi connectivity index (χ4n) is 4.23. The molecule has 1 aromatic heterocycles. The van der Waals surface area contributed by atoms with Crippen molar-refractivity contribution in [3.8, 4) is 0 Å². The van der Waals surface area contributed by atoms with Crippen molar-refractivity contribution < 1.29 is 13.2 Å². The van der Waals surface area contributed by atoms with Crippen molar-refractivity contribution in [2.75, 3.05) is 18.6 Å². The Labute approximate surface area is 150 Å². The number of aromatic nitrogens is 2. The van der Waals surface area contributed by atoms with E-state index in [4.69, 9.17) is 0 Å². The summed E-state index contributed by atoms with van der Waals surface area (Å²) in [4.78, 5) is 14.5. The minimum atomic E-state index is -2.94. The first-order chi connectivity index (χ1) is 11.8. The third-order valence-electron chi connectivity index (χ3n) is 5.76. The van der Waals surface area contributed by atoms with Crippen molar-refractivity contribution in [2.45, 2.75) is 65.0 Å². The van der Waals surface area contributed by atoms with Gasteiger partial charge in [-0.15, -0.1) is 0 Å². The van der Waals surface area contributed by atoms with Gasteiger partial charge in [-0.1, -0.05) is 19.3 Å². The second kappa shape index (κ2) is 7.09. The topological polar surface area (TPSA) is 72.3 Å². The molecule has 1 atom stereocenters. The Bertz CT molecular complexity index is 748. The smallest absolute Gasteiger partial charge is 0.225 e. The van der Waals surface area contributed by atoms with Crippen LogP contribution in [0.2, 0.25) is 0 Å². The van der Waals surface area contributed by atoms with Gasteiger partial charge in [0.1, 0.15) is 0 Å². The maximum absolute atomic E-state index is 12.7. The molecule has 0 unspecified atom stereocenters. The predicted octanol–water partition coefficient (Wildman–Crippen LogP) is 2.40. The molecule has 2 aliphatic rings. The largest absolute Gasteiger partial charge is 0.341 e. The number of hydrogen-bond acceptors (Lipinski definition) is 4. The third kappa shape index (κ3) is 3.91. The van der Waals surface area contributed by atoms with Gasteiger partial charge in [0.2, 0.25) is 5.91 Å². The lowest BCUT2D eigenvalue weighted by molar-refractivity contribution is -0.135. The van der Waals surface area contributed by atoms with Crippen LogP contribution in [-0.2, 0) is 21.2 Å². The summed E-state index contributed by atoms with van der Waals surface area (Å²) in [6, 6.07) is -0.0724. The second-order valence-corrected chi connectivity index (χ2v) is 9.91. The highest BCUT2D eigenvalue weighted by atomic mass is 32.2. The summed E-state index contributed by atoms with van der Waals surface area (Å²) in [7, 11) is -1.07. The fourth-order valence-corrected chi connectivity index (χ4v) is 5.92. The van der Waals surface area contributed by atoms with E-state index in [0.717, 1.165) is 42.6 Å². The van der Waals surface area contributed by atoms with Gasteiger partial charge < -0.3 is 4.90 Å². The van der Waals surface area contributed by atoms with Crippen molar-refractivity contribution >= 4 is 15.7 Å². The van der Waals surface area contributed by atoms with Crippen LogP contribution in [0.15, 0.2) is 0 Å². The van der Waals surface area contributed by atoms with Gasteiger partial charge in [0.15, 0.2) is 9.84 Å². The third-order valence-corrected chi connectivity index (χ3v) is 7.51. The van der Waals surface area contributed by atoms with Crippen LogP contribution >= 0.6 is 0 Å². The summed E-state index contributed by atoms with van der Waals surface area (Å²) in [6.07, 6.45) is 6.16. The molecule has 1 aromatic rings. The van der Waals surface area contributed by atoms with Gasteiger partial charge >= 0.3 is 0 Å². The van der Waals surface area contributed by atoms with E-state index in [1.807, 2.05) is 30.5 Å². The van der Waals surface area contributed by atoms with Crippen LogP contribution in [0.5, 0.6) is 0 Å². The Morgan fingerprint density at radius 2 is 1.88 bits per heavy atom. The van der Waals surface area contributed by atoms with Crippen molar-refractivity contribution in [3.05, 3.63) is 17.0 Å². The molecule has 1 amide bonds. The summed E-state index contributed by atoms with van der Waals surface area (Å²) in [5.74, 6) is 0.806. The Morgan fingerprint density at radius 3 is 2.48 bits per heavy atom. The van der Waals surface area contributed by atoms with Crippen molar-refractivity contribution in [1.29, 1.82) is 0 Å². The Balaban J connectivity index is 1.73. The van der Waals surface area contributed by atoms with E-state index in [0.29, 0.717) is 13.0 Å².